The largest absolute Gasteiger partial charge is 0.309 e. The number of halogens is 2. The minimum Gasteiger partial charge on any atom is -0.309 e. The van der Waals surface area contributed by atoms with E-state index < -0.39 is 16.4 Å². The van der Waals surface area contributed by atoms with Crippen LogP contribution in [0.3, 0.4) is 0 Å². The first-order chi connectivity index (χ1) is 9.56. The lowest BCUT2D eigenvalue weighted by Gasteiger charge is -2.05. The van der Waals surface area contributed by atoms with Gasteiger partial charge in [0.25, 0.3) is 0 Å². The van der Waals surface area contributed by atoms with E-state index in [1.54, 1.807) is 6.07 Å². The average Bonchev–Trinajstić information content (AvgIpc) is 2.41. The van der Waals surface area contributed by atoms with Crippen LogP contribution < -0.4 is 5.32 Å². The Morgan fingerprint density at radius 1 is 1.10 bits per heavy atom. The third-order valence-electron chi connectivity index (χ3n) is 2.78. The summed E-state index contributed by atoms with van der Waals surface area (Å²) in [5, 5.41) is 13.7. The highest BCUT2D eigenvalue weighted by Crippen LogP contribution is 2.18. The molecule has 0 aliphatic carbocycles. The standard InChI is InChI=1S/C14H12BrFN2O2/c15-12-4-1-10(2-5-12)8-17-9-11-3-6-14(18(19)20)13(16)7-11/h1-7,17H,8-9H2. The predicted molar refractivity (Wildman–Crippen MR) is 77.7 cm³/mol. The Hall–Kier alpha value is -1.79. The van der Waals surface area contributed by atoms with Gasteiger partial charge >= 0.3 is 5.69 Å². The molecule has 0 aromatic heterocycles. The fourth-order valence-corrected chi connectivity index (χ4v) is 2.03. The molecule has 0 fully saturated rings. The van der Waals surface area contributed by atoms with Gasteiger partial charge in [-0.2, -0.15) is 4.39 Å². The summed E-state index contributed by atoms with van der Waals surface area (Å²) < 4.78 is 14.4. The van der Waals surface area contributed by atoms with E-state index in [-0.39, 0.29) is 0 Å². The topological polar surface area (TPSA) is 55.2 Å². The summed E-state index contributed by atoms with van der Waals surface area (Å²) in [7, 11) is 0. The van der Waals surface area contributed by atoms with Gasteiger partial charge in [0.15, 0.2) is 0 Å². The molecule has 2 aromatic rings. The molecule has 0 radical (unpaired) electrons. The van der Waals surface area contributed by atoms with Gasteiger partial charge in [0.2, 0.25) is 5.82 Å². The number of hydrogen-bond donors (Lipinski definition) is 1. The highest BCUT2D eigenvalue weighted by molar-refractivity contribution is 9.10. The third kappa shape index (κ3) is 3.85. The van der Waals surface area contributed by atoms with Crippen molar-refractivity contribution in [3.63, 3.8) is 0 Å². The zero-order chi connectivity index (χ0) is 14.5. The summed E-state index contributed by atoms with van der Waals surface area (Å²) in [6.07, 6.45) is 0. The molecule has 104 valence electrons. The van der Waals surface area contributed by atoms with Crippen molar-refractivity contribution in [1.29, 1.82) is 0 Å². The molecule has 20 heavy (non-hydrogen) atoms. The second-order valence-corrected chi connectivity index (χ2v) is 5.19. The Kier molecular flexibility index (Phi) is 4.81. The highest BCUT2D eigenvalue weighted by Gasteiger charge is 2.13. The van der Waals surface area contributed by atoms with Gasteiger partial charge in [-0.1, -0.05) is 34.1 Å². The molecule has 0 bridgehead atoms. The van der Waals surface area contributed by atoms with Gasteiger partial charge in [0, 0.05) is 23.6 Å². The van der Waals surface area contributed by atoms with E-state index in [0.29, 0.717) is 18.7 Å². The molecule has 4 nitrogen and oxygen atoms in total. The van der Waals surface area contributed by atoms with E-state index in [1.807, 2.05) is 24.3 Å². The van der Waals surface area contributed by atoms with Crippen LogP contribution in [-0.2, 0) is 13.1 Å². The molecular weight excluding hydrogens is 327 g/mol. The molecule has 0 saturated carbocycles. The average molecular weight is 339 g/mol. The smallest absolute Gasteiger partial charge is 0.304 e. The zero-order valence-electron chi connectivity index (χ0n) is 10.5. The molecule has 0 unspecified atom stereocenters. The zero-order valence-corrected chi connectivity index (χ0v) is 12.1. The number of rotatable bonds is 5. The minimum absolute atomic E-state index is 0.449. The summed E-state index contributed by atoms with van der Waals surface area (Å²) in [4.78, 5) is 9.78. The molecular formula is C14H12BrFN2O2. The van der Waals surface area contributed by atoms with E-state index in [2.05, 4.69) is 21.2 Å². The van der Waals surface area contributed by atoms with Gasteiger partial charge in [-0.25, -0.2) is 0 Å². The van der Waals surface area contributed by atoms with Gasteiger partial charge in [-0.05, 0) is 29.3 Å². The molecule has 6 heteroatoms. The molecule has 0 heterocycles. The molecule has 0 aliphatic heterocycles. The first-order valence-electron chi connectivity index (χ1n) is 5.94. The summed E-state index contributed by atoms with van der Waals surface area (Å²) in [5.74, 6) is -0.807. The van der Waals surface area contributed by atoms with Crippen LogP contribution in [-0.4, -0.2) is 4.92 Å². The van der Waals surface area contributed by atoms with Crippen LogP contribution in [0, 0.1) is 15.9 Å². The van der Waals surface area contributed by atoms with Crippen LogP contribution in [0.15, 0.2) is 46.9 Å². The van der Waals surface area contributed by atoms with Crippen molar-refractivity contribution in [3.05, 3.63) is 74.0 Å². The van der Waals surface area contributed by atoms with E-state index in [9.17, 15) is 14.5 Å². The second-order valence-electron chi connectivity index (χ2n) is 4.27. The van der Waals surface area contributed by atoms with Crippen molar-refractivity contribution < 1.29 is 9.31 Å². The van der Waals surface area contributed by atoms with Crippen molar-refractivity contribution in [1.82, 2.24) is 5.32 Å². The maximum atomic E-state index is 13.4. The molecule has 1 N–H and O–H groups in total. The molecule has 0 aliphatic rings. The lowest BCUT2D eigenvalue weighted by Crippen LogP contribution is -2.12. The van der Waals surface area contributed by atoms with Crippen LogP contribution >= 0.6 is 15.9 Å². The van der Waals surface area contributed by atoms with E-state index in [1.165, 1.54) is 12.1 Å². The minimum atomic E-state index is -0.807. The number of benzene rings is 2. The molecule has 0 atom stereocenters. The summed E-state index contributed by atoms with van der Waals surface area (Å²) in [6.45, 7) is 1.09. The molecule has 0 saturated heterocycles. The van der Waals surface area contributed by atoms with Crippen molar-refractivity contribution >= 4 is 21.6 Å². The Morgan fingerprint density at radius 2 is 1.70 bits per heavy atom. The maximum Gasteiger partial charge on any atom is 0.304 e. The summed E-state index contributed by atoms with van der Waals surface area (Å²) in [6, 6.07) is 11.8. The Labute approximate surface area is 123 Å². The molecule has 2 rings (SSSR count). The van der Waals surface area contributed by atoms with Gasteiger partial charge in [-0.15, -0.1) is 0 Å². The Bertz CT molecular complexity index is 617. The fraction of sp³-hybridized carbons (Fsp3) is 0.143. The second kappa shape index (κ2) is 6.58. The van der Waals surface area contributed by atoms with Crippen molar-refractivity contribution in [2.24, 2.45) is 0 Å². The normalized spacial score (nSPS) is 10.5. The van der Waals surface area contributed by atoms with Crippen LogP contribution in [0.2, 0.25) is 0 Å². The highest BCUT2D eigenvalue weighted by atomic mass is 79.9. The number of nitrogens with zero attached hydrogens (tertiary/aromatic N) is 1. The quantitative estimate of drug-likeness (QED) is 0.666. The Morgan fingerprint density at radius 3 is 2.30 bits per heavy atom. The fourth-order valence-electron chi connectivity index (χ4n) is 1.76. The lowest BCUT2D eigenvalue weighted by molar-refractivity contribution is -0.387. The lowest BCUT2D eigenvalue weighted by atomic mass is 10.2. The first-order valence-corrected chi connectivity index (χ1v) is 6.73. The summed E-state index contributed by atoms with van der Waals surface area (Å²) >= 11 is 3.36. The first kappa shape index (κ1) is 14.6. The van der Waals surface area contributed by atoms with Gasteiger partial charge < -0.3 is 5.32 Å². The predicted octanol–water partition coefficient (Wildman–Crippen LogP) is 3.79. The van der Waals surface area contributed by atoms with E-state index in [0.717, 1.165) is 10.0 Å². The number of nitro benzene ring substituents is 1. The van der Waals surface area contributed by atoms with Gasteiger partial charge in [0.1, 0.15) is 0 Å². The van der Waals surface area contributed by atoms with Gasteiger partial charge in [0.05, 0.1) is 4.92 Å². The number of nitrogens with one attached hydrogen (secondary N) is 1. The maximum absolute atomic E-state index is 13.4. The molecule has 2 aromatic carbocycles. The van der Waals surface area contributed by atoms with Crippen LogP contribution in [0.5, 0.6) is 0 Å². The van der Waals surface area contributed by atoms with Crippen molar-refractivity contribution in [2.45, 2.75) is 13.1 Å². The third-order valence-corrected chi connectivity index (χ3v) is 3.31. The number of nitro groups is 1. The van der Waals surface area contributed by atoms with Crippen molar-refractivity contribution in [3.8, 4) is 0 Å². The Balaban J connectivity index is 1.92. The molecule has 0 amide bonds. The van der Waals surface area contributed by atoms with Crippen molar-refractivity contribution in [2.75, 3.05) is 0 Å². The summed E-state index contributed by atoms with van der Waals surface area (Å²) in [5.41, 5.74) is 1.28. The number of hydrogen-bond acceptors (Lipinski definition) is 3. The molecule has 0 spiro atoms. The van der Waals surface area contributed by atoms with E-state index in [4.69, 9.17) is 0 Å². The monoisotopic (exact) mass is 338 g/mol. The van der Waals surface area contributed by atoms with Crippen LogP contribution in [0.25, 0.3) is 0 Å². The van der Waals surface area contributed by atoms with E-state index >= 15 is 0 Å². The van der Waals surface area contributed by atoms with Gasteiger partial charge in [-0.3, -0.25) is 10.1 Å². The SMILES string of the molecule is O=[N+]([O-])c1ccc(CNCc2ccc(Br)cc2)cc1F. The van der Waals surface area contributed by atoms with Crippen LogP contribution in [0.1, 0.15) is 11.1 Å². The van der Waals surface area contributed by atoms with Crippen LogP contribution in [0.4, 0.5) is 10.1 Å².